The van der Waals surface area contributed by atoms with Crippen LogP contribution in [0.15, 0.2) is 60.7 Å². The Morgan fingerprint density at radius 1 is 1.12 bits per heavy atom. The molecule has 1 N–H and O–H groups in total. The van der Waals surface area contributed by atoms with Crippen LogP contribution in [0.4, 0.5) is 4.39 Å². The standard InChI is InChI=1S/C21H25FN2O/c1-3-24(4-2)20(18-10-6-5-7-11-18)16-23-21(25)14-13-17-9-8-12-19(22)15-17/h5-15,20H,3-4,16H2,1-2H3,(H,23,25)/b14-13+. The summed E-state index contributed by atoms with van der Waals surface area (Å²) in [6, 6.07) is 16.5. The molecule has 1 unspecified atom stereocenters. The minimum atomic E-state index is -0.312. The first-order valence-corrected chi connectivity index (χ1v) is 8.64. The Bertz CT molecular complexity index is 696. The van der Waals surface area contributed by atoms with E-state index < -0.39 is 0 Å². The fourth-order valence-electron chi connectivity index (χ4n) is 2.84. The smallest absolute Gasteiger partial charge is 0.244 e. The summed E-state index contributed by atoms with van der Waals surface area (Å²) in [6.07, 6.45) is 3.06. The second-order valence-corrected chi connectivity index (χ2v) is 5.78. The second-order valence-electron chi connectivity index (χ2n) is 5.78. The van der Waals surface area contributed by atoms with Crippen molar-refractivity contribution in [1.29, 1.82) is 0 Å². The highest BCUT2D eigenvalue weighted by Gasteiger charge is 2.17. The van der Waals surface area contributed by atoms with E-state index in [0.29, 0.717) is 12.1 Å². The summed E-state index contributed by atoms with van der Waals surface area (Å²) >= 11 is 0. The van der Waals surface area contributed by atoms with Gasteiger partial charge in [-0.05, 0) is 42.4 Å². The molecule has 0 aliphatic rings. The zero-order valence-electron chi connectivity index (χ0n) is 14.8. The van der Waals surface area contributed by atoms with Crippen LogP contribution < -0.4 is 5.32 Å². The van der Waals surface area contributed by atoms with Gasteiger partial charge in [0.1, 0.15) is 5.82 Å². The van der Waals surface area contributed by atoms with Gasteiger partial charge in [0.25, 0.3) is 0 Å². The highest BCUT2D eigenvalue weighted by molar-refractivity contribution is 5.91. The van der Waals surface area contributed by atoms with E-state index in [9.17, 15) is 9.18 Å². The Hall–Kier alpha value is -2.46. The second kappa shape index (κ2) is 9.74. The van der Waals surface area contributed by atoms with Gasteiger partial charge in [-0.3, -0.25) is 9.69 Å². The van der Waals surface area contributed by atoms with Crippen LogP contribution in [0.3, 0.4) is 0 Å². The van der Waals surface area contributed by atoms with E-state index in [0.717, 1.165) is 13.1 Å². The molecule has 1 amide bonds. The third-order valence-corrected chi connectivity index (χ3v) is 4.18. The highest BCUT2D eigenvalue weighted by Crippen LogP contribution is 2.19. The molecule has 0 bridgehead atoms. The molecule has 0 saturated carbocycles. The number of rotatable bonds is 8. The average molecular weight is 340 g/mol. The van der Waals surface area contributed by atoms with Crippen LogP contribution in [0.5, 0.6) is 0 Å². The maximum absolute atomic E-state index is 13.2. The van der Waals surface area contributed by atoms with Crippen molar-refractivity contribution in [2.45, 2.75) is 19.9 Å². The minimum absolute atomic E-state index is 0.128. The van der Waals surface area contributed by atoms with Crippen LogP contribution in [-0.4, -0.2) is 30.4 Å². The van der Waals surface area contributed by atoms with Gasteiger partial charge >= 0.3 is 0 Å². The molecule has 4 heteroatoms. The van der Waals surface area contributed by atoms with Crippen molar-refractivity contribution in [2.75, 3.05) is 19.6 Å². The Kier molecular flexibility index (Phi) is 7.36. The molecule has 0 fully saturated rings. The lowest BCUT2D eigenvalue weighted by Gasteiger charge is -2.30. The summed E-state index contributed by atoms with van der Waals surface area (Å²) in [5, 5.41) is 2.95. The largest absolute Gasteiger partial charge is 0.351 e. The Balaban J connectivity index is 2.01. The van der Waals surface area contributed by atoms with Crippen molar-refractivity contribution in [3.05, 3.63) is 77.6 Å². The molecule has 25 heavy (non-hydrogen) atoms. The SMILES string of the molecule is CCN(CC)C(CNC(=O)/C=C/c1cccc(F)c1)c1ccccc1. The van der Waals surface area contributed by atoms with Gasteiger partial charge in [0, 0.05) is 12.6 Å². The molecule has 1 atom stereocenters. The fourth-order valence-corrected chi connectivity index (χ4v) is 2.84. The lowest BCUT2D eigenvalue weighted by molar-refractivity contribution is -0.116. The third-order valence-electron chi connectivity index (χ3n) is 4.18. The van der Waals surface area contributed by atoms with Crippen molar-refractivity contribution in [1.82, 2.24) is 10.2 Å². The van der Waals surface area contributed by atoms with Gasteiger partial charge in [-0.1, -0.05) is 56.3 Å². The Labute approximate surface area is 149 Å². The summed E-state index contributed by atoms with van der Waals surface area (Å²) < 4.78 is 13.2. The van der Waals surface area contributed by atoms with E-state index in [4.69, 9.17) is 0 Å². The molecule has 0 spiro atoms. The van der Waals surface area contributed by atoms with E-state index >= 15 is 0 Å². The molecular formula is C21H25FN2O. The van der Waals surface area contributed by atoms with Gasteiger partial charge in [0.15, 0.2) is 0 Å². The lowest BCUT2D eigenvalue weighted by atomic mass is 10.1. The average Bonchev–Trinajstić information content (AvgIpc) is 2.64. The maximum Gasteiger partial charge on any atom is 0.244 e. The van der Waals surface area contributed by atoms with Crippen molar-refractivity contribution in [2.24, 2.45) is 0 Å². The number of nitrogens with one attached hydrogen (secondary N) is 1. The van der Waals surface area contributed by atoms with Gasteiger partial charge in [0.2, 0.25) is 5.91 Å². The third kappa shape index (κ3) is 5.84. The fraction of sp³-hybridized carbons (Fsp3) is 0.286. The van der Waals surface area contributed by atoms with Crippen LogP contribution in [0, 0.1) is 5.82 Å². The number of nitrogens with zero attached hydrogens (tertiary/aromatic N) is 1. The van der Waals surface area contributed by atoms with Crippen molar-refractivity contribution in [3.8, 4) is 0 Å². The lowest BCUT2D eigenvalue weighted by Crippen LogP contribution is -2.37. The molecule has 0 aromatic heterocycles. The van der Waals surface area contributed by atoms with E-state index in [2.05, 4.69) is 36.2 Å². The molecule has 0 aliphatic carbocycles. The number of benzene rings is 2. The van der Waals surface area contributed by atoms with Crippen molar-refractivity contribution in [3.63, 3.8) is 0 Å². The zero-order valence-corrected chi connectivity index (χ0v) is 14.8. The molecule has 3 nitrogen and oxygen atoms in total. The van der Waals surface area contributed by atoms with Crippen LogP contribution in [0.2, 0.25) is 0 Å². The molecule has 0 radical (unpaired) electrons. The van der Waals surface area contributed by atoms with Crippen LogP contribution in [0.25, 0.3) is 6.08 Å². The summed E-state index contributed by atoms with van der Waals surface area (Å²) in [4.78, 5) is 14.4. The van der Waals surface area contributed by atoms with Crippen molar-refractivity contribution < 1.29 is 9.18 Å². The van der Waals surface area contributed by atoms with Gasteiger partial charge in [-0.25, -0.2) is 4.39 Å². The van der Waals surface area contributed by atoms with Gasteiger partial charge in [-0.2, -0.15) is 0 Å². The van der Waals surface area contributed by atoms with E-state index in [1.165, 1.54) is 23.8 Å². The van der Waals surface area contributed by atoms with Crippen molar-refractivity contribution >= 4 is 12.0 Å². The van der Waals surface area contributed by atoms with Crippen LogP contribution >= 0.6 is 0 Å². The highest BCUT2D eigenvalue weighted by atomic mass is 19.1. The molecule has 0 heterocycles. The normalized spacial score (nSPS) is 12.5. The molecule has 0 saturated heterocycles. The van der Waals surface area contributed by atoms with E-state index in [-0.39, 0.29) is 17.8 Å². The number of likely N-dealkylation sites (N-methyl/N-ethyl adjacent to an activating group) is 1. The first-order valence-electron chi connectivity index (χ1n) is 8.64. The van der Waals surface area contributed by atoms with Gasteiger partial charge in [-0.15, -0.1) is 0 Å². The summed E-state index contributed by atoms with van der Waals surface area (Å²) in [7, 11) is 0. The predicted octanol–water partition coefficient (Wildman–Crippen LogP) is 4.04. The van der Waals surface area contributed by atoms with Crippen LogP contribution in [0.1, 0.15) is 31.0 Å². The Morgan fingerprint density at radius 2 is 1.84 bits per heavy atom. The van der Waals surface area contributed by atoms with E-state index in [1.54, 1.807) is 18.2 Å². The molecule has 132 valence electrons. The van der Waals surface area contributed by atoms with Crippen LogP contribution in [-0.2, 0) is 4.79 Å². The number of halogens is 1. The Morgan fingerprint density at radius 3 is 2.48 bits per heavy atom. The number of carbonyl (C=O) groups excluding carboxylic acids is 1. The maximum atomic E-state index is 13.2. The summed E-state index contributed by atoms with van der Waals surface area (Å²) in [5.74, 6) is -0.495. The number of amides is 1. The summed E-state index contributed by atoms with van der Waals surface area (Å²) in [5.41, 5.74) is 1.85. The molecule has 2 aromatic carbocycles. The number of hydrogen-bond acceptors (Lipinski definition) is 2. The number of carbonyl (C=O) groups is 1. The molecule has 2 rings (SSSR count). The minimum Gasteiger partial charge on any atom is -0.351 e. The van der Waals surface area contributed by atoms with Gasteiger partial charge < -0.3 is 5.32 Å². The molecule has 2 aromatic rings. The summed E-state index contributed by atoms with van der Waals surface area (Å²) in [6.45, 7) is 6.57. The van der Waals surface area contributed by atoms with E-state index in [1.807, 2.05) is 18.2 Å². The predicted molar refractivity (Wildman–Crippen MR) is 101 cm³/mol. The monoisotopic (exact) mass is 340 g/mol. The molecular weight excluding hydrogens is 315 g/mol. The number of hydrogen-bond donors (Lipinski definition) is 1. The first-order chi connectivity index (χ1) is 12.1. The zero-order chi connectivity index (χ0) is 18.1. The van der Waals surface area contributed by atoms with Gasteiger partial charge in [0.05, 0.1) is 6.04 Å². The topological polar surface area (TPSA) is 32.3 Å². The molecule has 0 aliphatic heterocycles. The first kappa shape index (κ1) is 18.9. The quantitative estimate of drug-likeness (QED) is 0.736.